The molecule has 1 aromatic carbocycles. The normalized spacial score (nSPS) is 20.9. The molecule has 0 fully saturated rings. The summed E-state index contributed by atoms with van der Waals surface area (Å²) in [5.41, 5.74) is 1.29. The number of hydrogen-bond donors (Lipinski definition) is 0. The molecule has 124 valence electrons. The van der Waals surface area contributed by atoms with Crippen molar-refractivity contribution in [2.75, 3.05) is 13.7 Å². The molecule has 0 bridgehead atoms. The second-order valence-electron chi connectivity index (χ2n) is 6.74. The molecule has 1 aliphatic rings. The third-order valence-electron chi connectivity index (χ3n) is 4.90. The first kappa shape index (κ1) is 17.1. The van der Waals surface area contributed by atoms with E-state index in [1.807, 2.05) is 6.07 Å². The van der Waals surface area contributed by atoms with Gasteiger partial charge in [0.25, 0.3) is 0 Å². The molecule has 22 heavy (non-hydrogen) atoms. The van der Waals surface area contributed by atoms with Crippen molar-refractivity contribution in [3.8, 4) is 11.5 Å². The van der Waals surface area contributed by atoms with Gasteiger partial charge >= 0.3 is 0 Å². The maximum absolute atomic E-state index is 6.04. The van der Waals surface area contributed by atoms with Gasteiger partial charge in [0.15, 0.2) is 0 Å². The van der Waals surface area contributed by atoms with E-state index in [9.17, 15) is 0 Å². The van der Waals surface area contributed by atoms with Crippen LogP contribution in [-0.4, -0.2) is 25.4 Å². The maximum atomic E-state index is 6.04. The summed E-state index contributed by atoms with van der Waals surface area (Å²) in [5.74, 6) is 2.38. The first-order chi connectivity index (χ1) is 10.5. The van der Waals surface area contributed by atoms with E-state index in [0.717, 1.165) is 43.8 Å². The summed E-state index contributed by atoms with van der Waals surface area (Å²) in [7, 11) is 1.80. The number of methoxy groups -OCH3 is 1. The van der Waals surface area contributed by atoms with E-state index in [0.29, 0.717) is 5.92 Å². The molecular formula is C19H30O3. The van der Waals surface area contributed by atoms with Gasteiger partial charge in [-0.25, -0.2) is 0 Å². The van der Waals surface area contributed by atoms with Crippen molar-refractivity contribution >= 4 is 0 Å². The summed E-state index contributed by atoms with van der Waals surface area (Å²) in [6.07, 6.45) is 4.46. The summed E-state index contributed by atoms with van der Waals surface area (Å²) in [5, 5.41) is 0. The Kier molecular flexibility index (Phi) is 5.74. The minimum atomic E-state index is -0.00271. The van der Waals surface area contributed by atoms with E-state index in [4.69, 9.17) is 14.2 Å². The molecular weight excluding hydrogens is 276 g/mol. The Balaban J connectivity index is 1.81. The van der Waals surface area contributed by atoms with E-state index in [1.54, 1.807) is 7.11 Å². The minimum absolute atomic E-state index is 0.00271. The summed E-state index contributed by atoms with van der Waals surface area (Å²) in [6, 6.07) is 6.22. The van der Waals surface area contributed by atoms with Crippen molar-refractivity contribution in [2.24, 2.45) is 0 Å². The first-order valence-corrected chi connectivity index (χ1v) is 8.46. The lowest BCUT2D eigenvalue weighted by Crippen LogP contribution is -2.26. The Morgan fingerprint density at radius 1 is 1.41 bits per heavy atom. The molecule has 1 heterocycles. The Hall–Kier alpha value is -1.22. The third-order valence-corrected chi connectivity index (χ3v) is 4.90. The van der Waals surface area contributed by atoms with Crippen LogP contribution in [0.5, 0.6) is 11.5 Å². The zero-order valence-electron chi connectivity index (χ0n) is 14.6. The highest BCUT2D eigenvalue weighted by Crippen LogP contribution is 2.36. The van der Waals surface area contributed by atoms with Crippen LogP contribution in [-0.2, 0) is 4.74 Å². The Labute approximate surface area is 135 Å². The van der Waals surface area contributed by atoms with Crippen LogP contribution in [0.25, 0.3) is 0 Å². The monoisotopic (exact) mass is 306 g/mol. The van der Waals surface area contributed by atoms with Crippen molar-refractivity contribution in [1.82, 2.24) is 0 Å². The SMILES string of the molecule is CCC(C)(CCCC(C)Oc1ccc2c(c1)OCC2C)OC. The fraction of sp³-hybridized carbons (Fsp3) is 0.684. The minimum Gasteiger partial charge on any atom is -0.493 e. The molecule has 0 amide bonds. The summed E-state index contributed by atoms with van der Waals surface area (Å²) in [4.78, 5) is 0. The van der Waals surface area contributed by atoms with Crippen LogP contribution in [0.15, 0.2) is 18.2 Å². The average molecular weight is 306 g/mol. The topological polar surface area (TPSA) is 27.7 Å². The highest BCUT2D eigenvalue weighted by molar-refractivity contribution is 5.45. The number of hydrogen-bond acceptors (Lipinski definition) is 3. The molecule has 3 atom stereocenters. The van der Waals surface area contributed by atoms with Crippen LogP contribution in [0.4, 0.5) is 0 Å². The fourth-order valence-corrected chi connectivity index (χ4v) is 2.90. The average Bonchev–Trinajstić information content (AvgIpc) is 2.88. The van der Waals surface area contributed by atoms with Gasteiger partial charge in [-0.2, -0.15) is 0 Å². The molecule has 0 aliphatic carbocycles. The molecule has 3 nitrogen and oxygen atoms in total. The van der Waals surface area contributed by atoms with Crippen LogP contribution in [0, 0.1) is 0 Å². The summed E-state index contributed by atoms with van der Waals surface area (Å²) < 4.78 is 17.3. The van der Waals surface area contributed by atoms with Crippen LogP contribution in [0.2, 0.25) is 0 Å². The lowest BCUT2D eigenvalue weighted by atomic mass is 9.95. The molecule has 0 radical (unpaired) electrons. The van der Waals surface area contributed by atoms with Crippen LogP contribution in [0.1, 0.15) is 64.9 Å². The van der Waals surface area contributed by atoms with Gasteiger partial charge in [-0.3, -0.25) is 0 Å². The predicted molar refractivity (Wildman–Crippen MR) is 90.0 cm³/mol. The second kappa shape index (κ2) is 7.36. The Morgan fingerprint density at radius 3 is 2.86 bits per heavy atom. The van der Waals surface area contributed by atoms with Crippen molar-refractivity contribution in [3.63, 3.8) is 0 Å². The van der Waals surface area contributed by atoms with Crippen molar-refractivity contribution < 1.29 is 14.2 Å². The standard InChI is InChI=1S/C19H30O3/c1-6-19(4,20-5)11-7-8-15(3)22-16-9-10-17-14(2)13-21-18(17)12-16/h9-10,12,14-15H,6-8,11,13H2,1-5H3. The third kappa shape index (κ3) is 4.16. The summed E-state index contributed by atoms with van der Waals surface area (Å²) >= 11 is 0. The van der Waals surface area contributed by atoms with Gasteiger partial charge in [-0.15, -0.1) is 0 Å². The molecule has 0 saturated carbocycles. The molecule has 1 aliphatic heterocycles. The highest BCUT2D eigenvalue weighted by atomic mass is 16.5. The predicted octanol–water partition coefficient (Wildman–Crippen LogP) is 4.94. The van der Waals surface area contributed by atoms with Crippen molar-refractivity contribution in [1.29, 1.82) is 0 Å². The molecule has 0 N–H and O–H groups in total. The molecule has 3 heteroatoms. The van der Waals surface area contributed by atoms with Crippen LogP contribution >= 0.6 is 0 Å². The van der Waals surface area contributed by atoms with E-state index < -0.39 is 0 Å². The lowest BCUT2D eigenvalue weighted by Gasteiger charge is -2.27. The smallest absolute Gasteiger partial charge is 0.126 e. The number of benzene rings is 1. The summed E-state index contributed by atoms with van der Waals surface area (Å²) in [6.45, 7) is 9.45. The first-order valence-electron chi connectivity index (χ1n) is 8.46. The zero-order chi connectivity index (χ0) is 16.2. The van der Waals surface area contributed by atoms with Gasteiger partial charge in [0.2, 0.25) is 0 Å². The number of fused-ring (bicyclic) bond motifs is 1. The van der Waals surface area contributed by atoms with Crippen molar-refractivity contribution in [3.05, 3.63) is 23.8 Å². The molecule has 0 saturated heterocycles. The number of ether oxygens (including phenoxy) is 3. The fourth-order valence-electron chi connectivity index (χ4n) is 2.90. The van der Waals surface area contributed by atoms with Gasteiger partial charge in [0.05, 0.1) is 18.3 Å². The van der Waals surface area contributed by atoms with E-state index >= 15 is 0 Å². The molecule has 3 unspecified atom stereocenters. The van der Waals surface area contributed by atoms with Crippen LogP contribution in [0.3, 0.4) is 0 Å². The molecule has 0 spiro atoms. The highest BCUT2D eigenvalue weighted by Gasteiger charge is 2.22. The lowest BCUT2D eigenvalue weighted by molar-refractivity contribution is -0.00768. The van der Waals surface area contributed by atoms with Gasteiger partial charge in [-0.05, 0) is 45.6 Å². The maximum Gasteiger partial charge on any atom is 0.126 e. The molecule has 0 aromatic heterocycles. The van der Waals surface area contributed by atoms with Gasteiger partial charge in [0.1, 0.15) is 11.5 Å². The largest absolute Gasteiger partial charge is 0.493 e. The number of rotatable bonds is 8. The quantitative estimate of drug-likeness (QED) is 0.681. The van der Waals surface area contributed by atoms with Gasteiger partial charge < -0.3 is 14.2 Å². The Bertz CT molecular complexity index is 480. The zero-order valence-corrected chi connectivity index (χ0v) is 14.6. The van der Waals surface area contributed by atoms with E-state index in [1.165, 1.54) is 5.56 Å². The van der Waals surface area contributed by atoms with Crippen molar-refractivity contribution in [2.45, 2.75) is 71.0 Å². The van der Waals surface area contributed by atoms with Crippen LogP contribution < -0.4 is 9.47 Å². The van der Waals surface area contributed by atoms with Gasteiger partial charge in [-0.1, -0.05) is 19.9 Å². The molecule has 2 rings (SSSR count). The molecule has 1 aromatic rings. The Morgan fingerprint density at radius 2 is 2.18 bits per heavy atom. The second-order valence-corrected chi connectivity index (χ2v) is 6.74. The van der Waals surface area contributed by atoms with E-state index in [2.05, 4.69) is 39.8 Å². The van der Waals surface area contributed by atoms with Gasteiger partial charge in [0, 0.05) is 24.7 Å². The van der Waals surface area contributed by atoms with E-state index in [-0.39, 0.29) is 11.7 Å².